The minimum absolute atomic E-state index is 0. The Hall–Kier alpha value is -1.77. The van der Waals surface area contributed by atoms with Crippen molar-refractivity contribution in [2.75, 3.05) is 28.2 Å². The minimum Gasteiger partial charge on any atom is -0.314 e. The first-order chi connectivity index (χ1) is 12.5. The van der Waals surface area contributed by atoms with Gasteiger partial charge in [-0.3, -0.25) is 9.11 Å². The van der Waals surface area contributed by atoms with E-state index < -0.39 is 16.8 Å². The molecule has 1 heterocycles. The monoisotopic (exact) mass is 413 g/mol. The number of nitrogens with one attached hydrogen (secondary N) is 1. The number of anilines is 3. The van der Waals surface area contributed by atoms with Crippen molar-refractivity contribution in [3.63, 3.8) is 0 Å². The van der Waals surface area contributed by atoms with E-state index in [-0.39, 0.29) is 18.1 Å². The normalized spacial score (nSPS) is 16.3. The van der Waals surface area contributed by atoms with Gasteiger partial charge >= 0.3 is 0 Å². The van der Waals surface area contributed by atoms with Gasteiger partial charge in [0.2, 0.25) is 0 Å². The molecule has 1 aliphatic rings. The highest BCUT2D eigenvalue weighted by Gasteiger charge is 2.41. The molecule has 1 aliphatic heterocycles. The van der Waals surface area contributed by atoms with Crippen molar-refractivity contribution < 1.29 is 13.5 Å². The third-order valence-corrected chi connectivity index (χ3v) is 6.00. The molecule has 0 fully saturated rings. The van der Waals surface area contributed by atoms with Crippen LogP contribution >= 0.6 is 23.4 Å². The van der Waals surface area contributed by atoms with Crippen molar-refractivity contribution in [1.29, 1.82) is 0 Å². The summed E-state index contributed by atoms with van der Waals surface area (Å²) in [7, 11) is -3.41. The second kappa shape index (κ2) is 8.95. The second-order valence-corrected chi connectivity index (χ2v) is 7.85. The van der Waals surface area contributed by atoms with Crippen molar-refractivity contribution in [2.45, 2.75) is 13.8 Å². The van der Waals surface area contributed by atoms with E-state index in [1.807, 2.05) is 31.2 Å². The number of likely N-dealkylation sites (N-methyl/N-ethyl adjacent to an activating group) is 1. The van der Waals surface area contributed by atoms with Crippen LogP contribution < -0.4 is 13.9 Å². The van der Waals surface area contributed by atoms with Crippen LogP contribution in [0.3, 0.4) is 0 Å². The van der Waals surface area contributed by atoms with Gasteiger partial charge in [0, 0.05) is 6.54 Å². The molecule has 0 saturated carbocycles. The fourth-order valence-electron chi connectivity index (χ4n) is 2.93. The van der Waals surface area contributed by atoms with Crippen LogP contribution in [0, 0.1) is 12.7 Å². The lowest BCUT2D eigenvalue weighted by atomic mass is 10.2. The lowest BCUT2D eigenvalue weighted by Gasteiger charge is -2.43. The summed E-state index contributed by atoms with van der Waals surface area (Å²) in [5.41, 5.74) is 2.18. The van der Waals surface area contributed by atoms with E-state index in [9.17, 15) is 13.5 Å². The number of hydrogen-bond acceptors (Lipinski definition) is 5. The number of hydrogen-bond donors (Lipinski definition) is 3. The standard InChI is InChI=1S/C19H24FN3O2S.ClH/c1-3-21-12-6-7-13-22-18-8-4-5-9-19(18)23(26(22,24)25)17-11-10-15(2)14-16(17)20;/h4-11,14,21,24-25H,3,12-13H2,1-2H3;1H/b7-6-;. The molecule has 2 aromatic carbocycles. The average molecular weight is 414 g/mol. The number of rotatable bonds is 6. The van der Waals surface area contributed by atoms with Gasteiger partial charge in [-0.1, -0.05) is 37.3 Å². The molecule has 27 heavy (non-hydrogen) atoms. The van der Waals surface area contributed by atoms with Gasteiger partial charge in [-0.05, 0) is 54.3 Å². The third-order valence-electron chi connectivity index (χ3n) is 4.18. The van der Waals surface area contributed by atoms with Crippen LogP contribution in [0.25, 0.3) is 0 Å². The molecular formula is C19H25ClFN3O2S. The summed E-state index contributed by atoms with van der Waals surface area (Å²) in [5.74, 6) is -0.482. The molecule has 5 nitrogen and oxygen atoms in total. The smallest absolute Gasteiger partial charge is 0.148 e. The molecule has 0 aromatic heterocycles. The molecule has 0 bridgehead atoms. The highest BCUT2D eigenvalue weighted by Crippen LogP contribution is 2.64. The quantitative estimate of drug-likeness (QED) is 0.445. The molecule has 0 spiro atoms. The zero-order valence-electron chi connectivity index (χ0n) is 15.3. The molecule has 8 heteroatoms. The lowest BCUT2D eigenvalue weighted by molar-refractivity contribution is 0.485. The van der Waals surface area contributed by atoms with Gasteiger partial charge in [0.15, 0.2) is 0 Å². The van der Waals surface area contributed by atoms with E-state index in [2.05, 4.69) is 5.32 Å². The number of aryl methyl sites for hydroxylation is 1. The van der Waals surface area contributed by atoms with Gasteiger partial charge < -0.3 is 5.32 Å². The van der Waals surface area contributed by atoms with Crippen molar-refractivity contribution in [2.24, 2.45) is 0 Å². The predicted octanol–water partition coefficient (Wildman–Crippen LogP) is 5.26. The first-order valence-corrected chi connectivity index (χ1v) is 10.00. The summed E-state index contributed by atoms with van der Waals surface area (Å²) in [6.45, 7) is 5.71. The minimum atomic E-state index is -3.41. The van der Waals surface area contributed by atoms with Crippen LogP contribution in [-0.2, 0) is 0 Å². The first kappa shape index (κ1) is 21.5. The van der Waals surface area contributed by atoms with E-state index >= 15 is 0 Å². The van der Waals surface area contributed by atoms with Crippen molar-refractivity contribution in [1.82, 2.24) is 5.32 Å². The Morgan fingerprint density at radius 2 is 1.78 bits per heavy atom. The highest BCUT2D eigenvalue weighted by atomic mass is 35.5. The SMILES string of the molecule is CCNC/C=C\CN1c2ccccc2N(c2ccc(C)cc2F)S1(O)O.Cl. The Morgan fingerprint density at radius 3 is 2.44 bits per heavy atom. The number of halogens is 2. The summed E-state index contributed by atoms with van der Waals surface area (Å²) < 4.78 is 39.3. The third kappa shape index (κ3) is 4.23. The van der Waals surface area contributed by atoms with Gasteiger partial charge in [-0.15, -0.1) is 12.4 Å². The molecule has 3 rings (SSSR count). The van der Waals surface area contributed by atoms with E-state index in [0.717, 1.165) is 12.1 Å². The van der Waals surface area contributed by atoms with E-state index in [1.54, 1.807) is 31.2 Å². The summed E-state index contributed by atoms with van der Waals surface area (Å²) in [6.07, 6.45) is 3.82. The van der Waals surface area contributed by atoms with Crippen LogP contribution in [0.5, 0.6) is 0 Å². The van der Waals surface area contributed by atoms with Crippen molar-refractivity contribution in [3.8, 4) is 0 Å². The summed E-state index contributed by atoms with van der Waals surface area (Å²) >= 11 is 0. The van der Waals surface area contributed by atoms with Gasteiger partial charge in [-0.25, -0.2) is 13.0 Å². The molecule has 0 unspecified atom stereocenters. The van der Waals surface area contributed by atoms with Crippen LogP contribution in [0.4, 0.5) is 21.5 Å². The van der Waals surface area contributed by atoms with E-state index in [0.29, 0.717) is 24.5 Å². The van der Waals surface area contributed by atoms with E-state index in [4.69, 9.17) is 0 Å². The Bertz CT molecular complexity index is 819. The number of fused-ring (bicyclic) bond motifs is 1. The van der Waals surface area contributed by atoms with E-state index in [1.165, 1.54) is 14.7 Å². The summed E-state index contributed by atoms with van der Waals surface area (Å²) in [4.78, 5) is 0. The largest absolute Gasteiger partial charge is 0.314 e. The highest BCUT2D eigenvalue weighted by molar-refractivity contribution is 8.27. The fourth-order valence-corrected chi connectivity index (χ4v) is 4.66. The predicted molar refractivity (Wildman–Crippen MR) is 115 cm³/mol. The van der Waals surface area contributed by atoms with Crippen LogP contribution in [0.2, 0.25) is 0 Å². The van der Waals surface area contributed by atoms with Crippen LogP contribution in [-0.4, -0.2) is 28.7 Å². The number of benzene rings is 2. The van der Waals surface area contributed by atoms with Gasteiger partial charge in [-0.2, -0.15) is 0 Å². The zero-order chi connectivity index (χ0) is 18.7. The topological polar surface area (TPSA) is 59.0 Å². The maximum atomic E-state index is 14.6. The molecule has 0 amide bonds. The molecule has 148 valence electrons. The maximum absolute atomic E-state index is 14.6. The maximum Gasteiger partial charge on any atom is 0.148 e. The average Bonchev–Trinajstić information content (AvgIpc) is 2.82. The number of nitrogens with zero attached hydrogens (tertiary/aromatic N) is 2. The Labute approximate surface area is 167 Å². The molecule has 0 atom stereocenters. The van der Waals surface area contributed by atoms with Crippen LogP contribution in [0.15, 0.2) is 54.6 Å². The first-order valence-electron chi connectivity index (χ1n) is 8.54. The zero-order valence-corrected chi connectivity index (χ0v) is 16.9. The Kier molecular flexibility index (Phi) is 7.13. The molecule has 0 radical (unpaired) electrons. The molecular weight excluding hydrogens is 389 g/mol. The molecule has 0 aliphatic carbocycles. The summed E-state index contributed by atoms with van der Waals surface area (Å²) in [5, 5.41) is 3.18. The fraction of sp³-hybridized carbons (Fsp3) is 0.263. The Morgan fingerprint density at radius 1 is 1.07 bits per heavy atom. The van der Waals surface area contributed by atoms with Gasteiger partial charge in [0.25, 0.3) is 0 Å². The Balaban J connectivity index is 0.00000261. The molecule has 3 N–H and O–H groups in total. The van der Waals surface area contributed by atoms with Gasteiger partial charge in [0.05, 0.1) is 17.9 Å². The number of para-hydroxylation sites is 2. The van der Waals surface area contributed by atoms with Crippen LogP contribution in [0.1, 0.15) is 12.5 Å². The van der Waals surface area contributed by atoms with Crippen molar-refractivity contribution >= 4 is 40.4 Å². The lowest BCUT2D eigenvalue weighted by Crippen LogP contribution is -2.31. The molecule has 2 aromatic rings. The van der Waals surface area contributed by atoms with Crippen molar-refractivity contribution in [3.05, 3.63) is 66.0 Å². The second-order valence-electron chi connectivity index (χ2n) is 6.07. The van der Waals surface area contributed by atoms with Gasteiger partial charge in [0.1, 0.15) is 11.5 Å². The summed E-state index contributed by atoms with van der Waals surface area (Å²) in [6, 6.07) is 12.0. The molecule has 0 saturated heterocycles.